The van der Waals surface area contributed by atoms with Gasteiger partial charge in [0.15, 0.2) is 5.96 Å². The number of rotatable bonds is 10. The van der Waals surface area contributed by atoms with E-state index in [1.165, 1.54) is 12.5 Å². The molecule has 3 N–H and O–H groups in total. The summed E-state index contributed by atoms with van der Waals surface area (Å²) in [5.41, 5.74) is 3.86. The molecule has 0 aliphatic carbocycles. The van der Waals surface area contributed by atoms with Gasteiger partial charge in [0.2, 0.25) is 5.91 Å². The zero-order chi connectivity index (χ0) is 22.6. The van der Waals surface area contributed by atoms with Gasteiger partial charge in [-0.1, -0.05) is 25.1 Å². The molecule has 0 saturated heterocycles. The summed E-state index contributed by atoms with van der Waals surface area (Å²) in [6, 6.07) is 11.9. The van der Waals surface area contributed by atoms with Gasteiger partial charge in [0, 0.05) is 25.6 Å². The van der Waals surface area contributed by atoms with Crippen molar-refractivity contribution >= 4 is 17.6 Å². The number of hydrogen-bond acceptors (Lipinski definition) is 4. The molecular weight excluding hydrogens is 392 g/mol. The first kappa shape index (κ1) is 24.1. The van der Waals surface area contributed by atoms with Crippen LogP contribution in [0.15, 0.2) is 41.4 Å². The van der Waals surface area contributed by atoms with Crippen LogP contribution in [0.2, 0.25) is 0 Å². The molecule has 0 saturated carbocycles. The van der Waals surface area contributed by atoms with Gasteiger partial charge < -0.3 is 25.4 Å². The van der Waals surface area contributed by atoms with Gasteiger partial charge in [-0.15, -0.1) is 0 Å². The van der Waals surface area contributed by atoms with Crippen molar-refractivity contribution in [3.63, 3.8) is 0 Å². The molecule has 31 heavy (non-hydrogen) atoms. The number of methoxy groups -OCH3 is 1. The van der Waals surface area contributed by atoms with E-state index in [0.29, 0.717) is 37.1 Å². The molecule has 2 rings (SSSR count). The monoisotopic (exact) mass is 426 g/mol. The van der Waals surface area contributed by atoms with Crippen LogP contribution in [0.5, 0.6) is 11.5 Å². The first-order valence-electron chi connectivity index (χ1n) is 10.7. The average Bonchev–Trinajstić information content (AvgIpc) is 2.74. The van der Waals surface area contributed by atoms with E-state index in [4.69, 9.17) is 9.47 Å². The summed E-state index contributed by atoms with van der Waals surface area (Å²) < 4.78 is 11.2. The van der Waals surface area contributed by atoms with Crippen LogP contribution in [0.25, 0.3) is 0 Å². The van der Waals surface area contributed by atoms with Crippen LogP contribution in [-0.2, 0) is 17.9 Å². The van der Waals surface area contributed by atoms with Crippen molar-refractivity contribution in [2.24, 2.45) is 4.99 Å². The van der Waals surface area contributed by atoms with Crippen LogP contribution in [0, 0.1) is 6.92 Å². The number of nitrogens with one attached hydrogen (secondary N) is 3. The molecule has 0 unspecified atom stereocenters. The molecule has 2 aromatic rings. The second-order valence-electron chi connectivity index (χ2n) is 7.22. The zero-order valence-corrected chi connectivity index (χ0v) is 19.2. The maximum Gasteiger partial charge on any atom is 0.221 e. The van der Waals surface area contributed by atoms with Gasteiger partial charge in [-0.2, -0.15) is 0 Å². The average molecular weight is 427 g/mol. The summed E-state index contributed by atoms with van der Waals surface area (Å²) >= 11 is 0. The van der Waals surface area contributed by atoms with Crippen LogP contribution in [0.1, 0.15) is 43.9 Å². The lowest BCUT2D eigenvalue weighted by Gasteiger charge is -2.15. The van der Waals surface area contributed by atoms with Crippen molar-refractivity contribution in [2.75, 3.05) is 25.6 Å². The summed E-state index contributed by atoms with van der Waals surface area (Å²) in [6.07, 6.45) is 0.966. The molecule has 1 amide bonds. The number of benzene rings is 2. The minimum atomic E-state index is -0.145. The molecule has 168 valence electrons. The lowest BCUT2D eigenvalue weighted by atomic mass is 10.1. The fourth-order valence-corrected chi connectivity index (χ4v) is 2.99. The zero-order valence-electron chi connectivity index (χ0n) is 19.2. The number of aryl methyl sites for hydroxylation is 1. The second kappa shape index (κ2) is 12.5. The highest BCUT2D eigenvalue weighted by atomic mass is 16.5. The van der Waals surface area contributed by atoms with Crippen molar-refractivity contribution in [1.29, 1.82) is 0 Å². The number of carbonyl (C=O) groups excluding carboxylic acids is 1. The van der Waals surface area contributed by atoms with Gasteiger partial charge in [-0.3, -0.25) is 4.79 Å². The first-order chi connectivity index (χ1) is 15.0. The highest BCUT2D eigenvalue weighted by molar-refractivity contribution is 5.90. The first-order valence-corrected chi connectivity index (χ1v) is 10.7. The molecule has 0 radical (unpaired) electrons. The van der Waals surface area contributed by atoms with E-state index in [1.807, 2.05) is 25.1 Å². The molecule has 0 aliphatic heterocycles. The Balaban J connectivity index is 2.12. The topological polar surface area (TPSA) is 84.0 Å². The predicted molar refractivity (Wildman–Crippen MR) is 126 cm³/mol. The third kappa shape index (κ3) is 7.85. The van der Waals surface area contributed by atoms with Crippen molar-refractivity contribution in [2.45, 2.75) is 47.2 Å². The predicted octanol–water partition coefficient (Wildman–Crippen LogP) is 4.01. The Labute approximate surface area is 185 Å². The number of aliphatic imine (C=N–C) groups is 1. The Morgan fingerprint density at radius 2 is 1.87 bits per heavy atom. The van der Waals surface area contributed by atoms with Gasteiger partial charge in [-0.05, 0) is 49.6 Å². The molecule has 0 spiro atoms. The highest BCUT2D eigenvalue weighted by Crippen LogP contribution is 2.26. The van der Waals surface area contributed by atoms with Gasteiger partial charge in [0.1, 0.15) is 11.5 Å². The van der Waals surface area contributed by atoms with Gasteiger partial charge in [0.05, 0.1) is 25.9 Å². The second-order valence-corrected chi connectivity index (χ2v) is 7.22. The van der Waals surface area contributed by atoms with E-state index in [0.717, 1.165) is 29.8 Å². The summed E-state index contributed by atoms with van der Waals surface area (Å²) in [6.45, 7) is 10.2. The molecule has 0 heterocycles. The van der Waals surface area contributed by atoms with Gasteiger partial charge in [-0.25, -0.2) is 4.99 Å². The molecule has 0 fully saturated rings. The van der Waals surface area contributed by atoms with E-state index < -0.39 is 0 Å². The number of guanidine groups is 1. The fraction of sp³-hybridized carbons (Fsp3) is 0.417. The van der Waals surface area contributed by atoms with E-state index in [1.54, 1.807) is 7.11 Å². The number of hydrogen-bond donors (Lipinski definition) is 3. The lowest BCUT2D eigenvalue weighted by molar-refractivity contribution is -0.114. The number of ether oxygens (including phenoxy) is 2. The molecule has 2 aromatic carbocycles. The Bertz CT molecular complexity index is 896. The Morgan fingerprint density at radius 1 is 1.06 bits per heavy atom. The van der Waals surface area contributed by atoms with Crippen LogP contribution in [0.4, 0.5) is 5.69 Å². The van der Waals surface area contributed by atoms with Crippen molar-refractivity contribution in [3.8, 4) is 11.5 Å². The molecule has 0 bridgehead atoms. The van der Waals surface area contributed by atoms with Gasteiger partial charge >= 0.3 is 0 Å². The largest absolute Gasteiger partial charge is 0.495 e. The Kier molecular flexibility index (Phi) is 9.68. The van der Waals surface area contributed by atoms with Crippen LogP contribution in [-0.4, -0.2) is 32.1 Å². The fourth-order valence-electron chi connectivity index (χ4n) is 2.99. The van der Waals surface area contributed by atoms with Crippen LogP contribution in [0.3, 0.4) is 0 Å². The quantitative estimate of drug-likeness (QED) is 0.395. The molecule has 7 heteroatoms. The third-order valence-electron chi connectivity index (χ3n) is 4.47. The highest BCUT2D eigenvalue weighted by Gasteiger charge is 2.08. The number of carbonyl (C=O) groups is 1. The molecule has 7 nitrogen and oxygen atoms in total. The van der Waals surface area contributed by atoms with Crippen molar-refractivity contribution in [1.82, 2.24) is 10.6 Å². The Hall–Kier alpha value is -3.22. The summed E-state index contributed by atoms with van der Waals surface area (Å²) in [5.74, 6) is 2.09. The molecule has 0 aromatic heterocycles. The van der Waals surface area contributed by atoms with Crippen LogP contribution >= 0.6 is 0 Å². The maximum atomic E-state index is 11.5. The molecule has 0 atom stereocenters. The van der Waals surface area contributed by atoms with E-state index in [2.05, 4.69) is 53.0 Å². The number of anilines is 1. The third-order valence-corrected chi connectivity index (χ3v) is 4.47. The van der Waals surface area contributed by atoms with E-state index in [9.17, 15) is 4.79 Å². The minimum Gasteiger partial charge on any atom is -0.495 e. The number of amides is 1. The van der Waals surface area contributed by atoms with Gasteiger partial charge in [0.25, 0.3) is 0 Å². The molecule has 0 aliphatic rings. The number of nitrogens with zero attached hydrogens (tertiary/aromatic N) is 1. The lowest BCUT2D eigenvalue weighted by Crippen LogP contribution is -2.36. The van der Waals surface area contributed by atoms with E-state index in [-0.39, 0.29) is 5.91 Å². The summed E-state index contributed by atoms with van der Waals surface area (Å²) in [7, 11) is 1.58. The van der Waals surface area contributed by atoms with Crippen LogP contribution < -0.4 is 25.4 Å². The van der Waals surface area contributed by atoms with Crippen molar-refractivity contribution in [3.05, 3.63) is 53.1 Å². The maximum absolute atomic E-state index is 11.5. The van der Waals surface area contributed by atoms with Crippen molar-refractivity contribution < 1.29 is 14.3 Å². The minimum absolute atomic E-state index is 0.145. The standard InChI is InChI=1S/C24H34N4O3/c1-6-12-31-23-13-17(3)8-10-20(23)16-27-24(25-7-2)26-15-19-9-11-22(30-5)21(14-19)28-18(4)29/h8-11,13-14H,6-7,12,15-16H2,1-5H3,(H,28,29)(H2,25,26,27). The smallest absolute Gasteiger partial charge is 0.221 e. The summed E-state index contributed by atoms with van der Waals surface area (Å²) in [4.78, 5) is 16.1. The normalized spacial score (nSPS) is 11.1. The van der Waals surface area contributed by atoms with E-state index >= 15 is 0 Å². The summed E-state index contributed by atoms with van der Waals surface area (Å²) in [5, 5.41) is 9.44. The SMILES string of the molecule is CCCOc1cc(C)ccc1CNC(=NCc1ccc(OC)c(NC(C)=O)c1)NCC. The molecular formula is C24H34N4O3. The Morgan fingerprint density at radius 3 is 2.55 bits per heavy atom.